The number of H-pyrrole nitrogens is 1. The third-order valence-corrected chi connectivity index (χ3v) is 6.37. The summed E-state index contributed by atoms with van der Waals surface area (Å²) in [7, 11) is 0. The van der Waals surface area contributed by atoms with E-state index in [9.17, 15) is 4.79 Å². The van der Waals surface area contributed by atoms with Crippen LogP contribution in [0.1, 0.15) is 12.8 Å². The van der Waals surface area contributed by atoms with Crippen molar-refractivity contribution in [2.45, 2.75) is 12.8 Å². The van der Waals surface area contributed by atoms with E-state index in [2.05, 4.69) is 29.7 Å². The number of carbonyl (C=O) groups excluding carboxylic acids is 1. The topological polar surface area (TPSA) is 77.6 Å². The smallest absolute Gasteiger partial charge is 0.230 e. The number of hydrogen-bond donors (Lipinski definition) is 1. The Morgan fingerprint density at radius 1 is 1.11 bits per heavy atom. The van der Waals surface area contributed by atoms with E-state index in [1.165, 1.54) is 0 Å². The molecule has 0 radical (unpaired) electrons. The Balaban J connectivity index is 1.26. The lowest BCUT2D eigenvalue weighted by molar-refractivity contribution is -0.135. The Morgan fingerprint density at radius 2 is 1.96 bits per heavy atom. The fourth-order valence-corrected chi connectivity index (χ4v) is 4.72. The third-order valence-electron chi connectivity index (χ3n) is 6.37. The summed E-state index contributed by atoms with van der Waals surface area (Å²) in [5.41, 5.74) is 1.64. The molecule has 5 rings (SSSR count). The number of hydrogen-bond acceptors (Lipinski definition) is 6. The molecule has 8 heteroatoms. The van der Waals surface area contributed by atoms with E-state index >= 15 is 0 Å². The van der Waals surface area contributed by atoms with Gasteiger partial charge in [0.2, 0.25) is 5.91 Å². The van der Waals surface area contributed by atoms with E-state index in [4.69, 9.17) is 4.74 Å². The molecule has 2 aromatic rings. The van der Waals surface area contributed by atoms with Gasteiger partial charge in [0, 0.05) is 52.0 Å². The number of likely N-dealkylation sites (tertiary alicyclic amines) is 1. The second kappa shape index (κ2) is 6.76. The first kappa shape index (κ1) is 16.9. The fraction of sp³-hybridized carbons (Fsp3) is 0.632. The minimum atomic E-state index is -0.241. The highest BCUT2D eigenvalue weighted by atomic mass is 16.5. The maximum atomic E-state index is 13.2. The summed E-state index contributed by atoms with van der Waals surface area (Å²) in [6, 6.07) is 1.96. The molecule has 3 fully saturated rings. The number of morpholine rings is 1. The number of nitrogens with one attached hydrogen (secondary N) is 1. The standard InChI is InChI=1S/C19H26N6O2/c26-18-19(2-5-24(18)8-7-23-9-11-27-12-10-23)3-6-25(13-19)17-16-15(1-4-20-16)21-14-22-17/h1,4,14,20H,2-3,5-13H2. The van der Waals surface area contributed by atoms with Crippen molar-refractivity contribution in [3.8, 4) is 0 Å². The van der Waals surface area contributed by atoms with Crippen LogP contribution in [0.2, 0.25) is 0 Å². The number of nitrogens with zero attached hydrogens (tertiary/aromatic N) is 5. The van der Waals surface area contributed by atoms with Crippen LogP contribution in [0, 0.1) is 5.41 Å². The van der Waals surface area contributed by atoms with Crippen molar-refractivity contribution >= 4 is 22.8 Å². The highest BCUT2D eigenvalue weighted by molar-refractivity contribution is 5.89. The van der Waals surface area contributed by atoms with Crippen LogP contribution in [-0.4, -0.2) is 89.7 Å². The summed E-state index contributed by atoms with van der Waals surface area (Å²) in [6.45, 7) is 7.83. The molecular weight excluding hydrogens is 344 g/mol. The molecule has 0 saturated carbocycles. The lowest BCUT2D eigenvalue weighted by atomic mass is 9.85. The Kier molecular flexibility index (Phi) is 4.24. The van der Waals surface area contributed by atoms with E-state index in [0.29, 0.717) is 5.91 Å². The lowest BCUT2D eigenvalue weighted by Crippen LogP contribution is -2.43. The van der Waals surface area contributed by atoms with E-state index in [0.717, 1.165) is 88.7 Å². The number of amides is 1. The van der Waals surface area contributed by atoms with Crippen LogP contribution in [0.25, 0.3) is 11.0 Å². The Morgan fingerprint density at radius 3 is 2.85 bits per heavy atom. The molecule has 1 atom stereocenters. The molecule has 1 unspecified atom stereocenters. The molecule has 2 aromatic heterocycles. The lowest BCUT2D eigenvalue weighted by Gasteiger charge is -2.29. The van der Waals surface area contributed by atoms with Crippen molar-refractivity contribution < 1.29 is 9.53 Å². The summed E-state index contributed by atoms with van der Waals surface area (Å²) in [5.74, 6) is 1.25. The molecule has 3 aliphatic rings. The number of rotatable bonds is 4. The van der Waals surface area contributed by atoms with E-state index < -0.39 is 0 Å². The Bertz CT molecular complexity index is 832. The van der Waals surface area contributed by atoms with Crippen LogP contribution in [0.4, 0.5) is 5.82 Å². The van der Waals surface area contributed by atoms with Gasteiger partial charge in [0.1, 0.15) is 11.8 Å². The number of ether oxygens (including phenoxy) is 1. The van der Waals surface area contributed by atoms with E-state index in [1.807, 2.05) is 12.3 Å². The quantitative estimate of drug-likeness (QED) is 0.855. The number of fused-ring (bicyclic) bond motifs is 1. The Hall–Kier alpha value is -2.19. The molecule has 144 valence electrons. The van der Waals surface area contributed by atoms with Crippen LogP contribution in [0.5, 0.6) is 0 Å². The van der Waals surface area contributed by atoms with Crippen molar-refractivity contribution in [3.63, 3.8) is 0 Å². The van der Waals surface area contributed by atoms with Crippen molar-refractivity contribution in [1.82, 2.24) is 24.8 Å². The zero-order valence-electron chi connectivity index (χ0n) is 15.6. The SMILES string of the molecule is O=C1N(CCN2CCOCC2)CCC12CCN(c1ncnc3cc[nH]c13)C2. The van der Waals surface area contributed by atoms with Crippen molar-refractivity contribution in [3.05, 3.63) is 18.6 Å². The van der Waals surface area contributed by atoms with Crippen molar-refractivity contribution in [1.29, 1.82) is 0 Å². The van der Waals surface area contributed by atoms with Crippen molar-refractivity contribution in [2.24, 2.45) is 5.41 Å². The zero-order valence-corrected chi connectivity index (χ0v) is 15.6. The average Bonchev–Trinajstić information content (AvgIpc) is 3.42. The minimum absolute atomic E-state index is 0.241. The molecule has 0 bridgehead atoms. The van der Waals surface area contributed by atoms with Gasteiger partial charge in [-0.2, -0.15) is 0 Å². The highest BCUT2D eigenvalue weighted by Gasteiger charge is 2.51. The number of aromatic nitrogens is 3. The molecule has 5 heterocycles. The number of carbonyl (C=O) groups is 1. The maximum absolute atomic E-state index is 13.2. The zero-order chi connectivity index (χ0) is 18.3. The molecule has 27 heavy (non-hydrogen) atoms. The highest BCUT2D eigenvalue weighted by Crippen LogP contribution is 2.42. The largest absolute Gasteiger partial charge is 0.379 e. The second-order valence-electron chi connectivity index (χ2n) is 7.88. The molecule has 0 aliphatic carbocycles. The van der Waals surface area contributed by atoms with Crippen LogP contribution in [0.3, 0.4) is 0 Å². The molecular formula is C19H26N6O2. The molecule has 1 N–H and O–H groups in total. The fourth-order valence-electron chi connectivity index (χ4n) is 4.72. The van der Waals surface area contributed by atoms with Gasteiger partial charge >= 0.3 is 0 Å². The van der Waals surface area contributed by atoms with Gasteiger partial charge in [-0.1, -0.05) is 0 Å². The Labute approximate surface area is 158 Å². The molecule has 1 spiro atoms. The molecule has 3 saturated heterocycles. The summed E-state index contributed by atoms with van der Waals surface area (Å²) in [5, 5.41) is 0. The minimum Gasteiger partial charge on any atom is -0.379 e. The number of anilines is 1. The van der Waals surface area contributed by atoms with Crippen LogP contribution in [-0.2, 0) is 9.53 Å². The van der Waals surface area contributed by atoms with E-state index in [-0.39, 0.29) is 5.41 Å². The van der Waals surface area contributed by atoms with Gasteiger partial charge in [0.15, 0.2) is 5.82 Å². The number of aromatic amines is 1. The van der Waals surface area contributed by atoms with Crippen LogP contribution in [0.15, 0.2) is 18.6 Å². The summed E-state index contributed by atoms with van der Waals surface area (Å²) in [4.78, 5) is 32.0. The predicted octanol–water partition coefficient (Wildman–Crippen LogP) is 0.719. The van der Waals surface area contributed by atoms with Gasteiger partial charge in [-0.3, -0.25) is 9.69 Å². The van der Waals surface area contributed by atoms with Gasteiger partial charge in [-0.15, -0.1) is 0 Å². The molecule has 3 aliphatic heterocycles. The third kappa shape index (κ3) is 2.96. The van der Waals surface area contributed by atoms with Crippen molar-refractivity contribution in [2.75, 3.05) is 63.9 Å². The van der Waals surface area contributed by atoms with E-state index in [1.54, 1.807) is 6.33 Å². The molecule has 1 amide bonds. The normalized spacial score (nSPS) is 26.7. The molecule has 0 aromatic carbocycles. The maximum Gasteiger partial charge on any atom is 0.230 e. The van der Waals surface area contributed by atoms with Gasteiger partial charge in [-0.25, -0.2) is 9.97 Å². The van der Waals surface area contributed by atoms with Crippen LogP contribution < -0.4 is 4.90 Å². The predicted molar refractivity (Wildman–Crippen MR) is 102 cm³/mol. The first-order valence-electron chi connectivity index (χ1n) is 9.88. The second-order valence-corrected chi connectivity index (χ2v) is 7.88. The average molecular weight is 370 g/mol. The van der Waals surface area contributed by atoms with Gasteiger partial charge < -0.3 is 19.5 Å². The van der Waals surface area contributed by atoms with Gasteiger partial charge in [0.25, 0.3) is 0 Å². The summed E-state index contributed by atoms with van der Waals surface area (Å²) < 4.78 is 5.41. The van der Waals surface area contributed by atoms with Crippen LogP contribution >= 0.6 is 0 Å². The monoisotopic (exact) mass is 370 g/mol. The first-order chi connectivity index (χ1) is 13.3. The van der Waals surface area contributed by atoms with Gasteiger partial charge in [-0.05, 0) is 18.9 Å². The summed E-state index contributed by atoms with van der Waals surface area (Å²) >= 11 is 0. The summed E-state index contributed by atoms with van der Waals surface area (Å²) in [6.07, 6.45) is 5.36. The molecule has 8 nitrogen and oxygen atoms in total. The first-order valence-corrected chi connectivity index (χ1v) is 9.88. The van der Waals surface area contributed by atoms with Gasteiger partial charge in [0.05, 0.1) is 24.1 Å².